The number of rotatable bonds is 8. The second kappa shape index (κ2) is 9.12. The zero-order chi connectivity index (χ0) is 21.8. The summed E-state index contributed by atoms with van der Waals surface area (Å²) < 4.78 is 1.57. The summed E-state index contributed by atoms with van der Waals surface area (Å²) in [7, 11) is 0. The lowest BCUT2D eigenvalue weighted by Crippen LogP contribution is -2.33. The lowest BCUT2D eigenvalue weighted by atomic mass is 9.98. The highest BCUT2D eigenvalue weighted by molar-refractivity contribution is 5.78. The zero-order valence-corrected chi connectivity index (χ0v) is 17.8. The van der Waals surface area contributed by atoms with Gasteiger partial charge in [0.05, 0.1) is 34.3 Å². The van der Waals surface area contributed by atoms with Crippen molar-refractivity contribution in [3.05, 3.63) is 71.0 Å². The molecule has 31 heavy (non-hydrogen) atoms. The molecule has 4 rings (SSSR count). The summed E-state index contributed by atoms with van der Waals surface area (Å²) in [5.74, 6) is 0.961. The highest BCUT2D eigenvalue weighted by atomic mass is 16.1. The Morgan fingerprint density at radius 1 is 1.13 bits per heavy atom. The van der Waals surface area contributed by atoms with Crippen molar-refractivity contribution in [3.63, 3.8) is 0 Å². The number of hydrogen-bond donors (Lipinski definition) is 2. The van der Waals surface area contributed by atoms with Crippen LogP contribution < -0.4 is 10.9 Å². The molecule has 2 unspecified atom stereocenters. The number of aromatic amines is 1. The number of aromatic nitrogens is 4. The fourth-order valence-electron chi connectivity index (χ4n) is 3.76. The van der Waals surface area contributed by atoms with Gasteiger partial charge in [0.2, 0.25) is 5.91 Å². The number of benzene rings is 2. The van der Waals surface area contributed by atoms with E-state index in [1.54, 1.807) is 17.0 Å². The van der Waals surface area contributed by atoms with Gasteiger partial charge < -0.3 is 10.3 Å². The van der Waals surface area contributed by atoms with E-state index in [-0.39, 0.29) is 23.4 Å². The van der Waals surface area contributed by atoms with Gasteiger partial charge in [-0.3, -0.25) is 14.2 Å². The number of carbonyl (C=O) groups excluding carboxylic acids is 1. The number of nitrogens with zero attached hydrogens (tertiary/aromatic N) is 3. The van der Waals surface area contributed by atoms with E-state index in [2.05, 4.69) is 34.1 Å². The molecule has 0 radical (unpaired) electrons. The Kier molecular flexibility index (Phi) is 6.11. The van der Waals surface area contributed by atoms with Gasteiger partial charge in [0.1, 0.15) is 5.82 Å². The second-order valence-corrected chi connectivity index (χ2v) is 7.93. The average molecular weight is 418 g/mol. The van der Waals surface area contributed by atoms with Gasteiger partial charge in [0, 0.05) is 13.0 Å². The van der Waals surface area contributed by atoms with E-state index in [1.807, 2.05) is 42.5 Å². The third kappa shape index (κ3) is 4.50. The summed E-state index contributed by atoms with van der Waals surface area (Å²) >= 11 is 0. The molecule has 7 heteroatoms. The number of nitrogens with one attached hydrogen (secondary N) is 2. The van der Waals surface area contributed by atoms with Gasteiger partial charge in [-0.15, -0.1) is 0 Å². The normalized spacial score (nSPS) is 13.4. The topological polar surface area (TPSA) is 92.7 Å². The first-order valence-electron chi connectivity index (χ1n) is 10.7. The first kappa shape index (κ1) is 20.8. The van der Waals surface area contributed by atoms with Crippen molar-refractivity contribution in [1.29, 1.82) is 0 Å². The SMILES string of the molecule is CCC(C)C(NC(=O)CCCn1cnc2ccccc2c1=O)c1nc2ccccc2[nH]1. The van der Waals surface area contributed by atoms with Crippen LogP contribution >= 0.6 is 0 Å². The van der Waals surface area contributed by atoms with Gasteiger partial charge in [-0.25, -0.2) is 9.97 Å². The molecular weight excluding hydrogens is 390 g/mol. The van der Waals surface area contributed by atoms with E-state index < -0.39 is 0 Å². The summed E-state index contributed by atoms with van der Waals surface area (Å²) in [4.78, 5) is 37.6. The van der Waals surface area contributed by atoms with Crippen LogP contribution in [0.5, 0.6) is 0 Å². The molecule has 2 aromatic carbocycles. The number of carbonyl (C=O) groups is 1. The molecular formula is C24H27N5O2. The van der Waals surface area contributed by atoms with Crippen LogP contribution in [-0.4, -0.2) is 25.4 Å². The van der Waals surface area contributed by atoms with Crippen LogP contribution in [0, 0.1) is 5.92 Å². The number of amides is 1. The molecule has 0 spiro atoms. The number of H-pyrrole nitrogens is 1. The fraction of sp³-hybridized carbons (Fsp3) is 0.333. The summed E-state index contributed by atoms with van der Waals surface area (Å²) in [6, 6.07) is 15.0. The average Bonchev–Trinajstić information content (AvgIpc) is 3.22. The van der Waals surface area contributed by atoms with Crippen LogP contribution in [0.15, 0.2) is 59.7 Å². The summed E-state index contributed by atoms with van der Waals surface area (Å²) in [5, 5.41) is 3.73. The molecule has 0 saturated carbocycles. The molecule has 0 aliphatic heterocycles. The summed E-state index contributed by atoms with van der Waals surface area (Å²) in [5.41, 5.74) is 2.46. The van der Waals surface area contributed by atoms with Gasteiger partial charge in [0.25, 0.3) is 5.56 Å². The number of fused-ring (bicyclic) bond motifs is 2. The Labute approximate surface area is 180 Å². The molecule has 0 aliphatic carbocycles. The Balaban J connectivity index is 1.41. The van der Waals surface area contributed by atoms with Gasteiger partial charge in [-0.2, -0.15) is 0 Å². The maximum absolute atomic E-state index is 12.7. The minimum absolute atomic E-state index is 0.0486. The Morgan fingerprint density at radius 2 is 1.87 bits per heavy atom. The van der Waals surface area contributed by atoms with Crippen LogP contribution in [0.25, 0.3) is 21.9 Å². The smallest absolute Gasteiger partial charge is 0.261 e. The van der Waals surface area contributed by atoms with Crippen molar-refractivity contribution >= 4 is 27.8 Å². The molecule has 0 fully saturated rings. The standard InChI is InChI=1S/C24H27N5O2/c1-3-16(2)22(23-26-19-11-6-7-12-20(19)27-23)28-21(30)13-8-14-29-15-25-18-10-5-4-9-17(18)24(29)31/h4-7,9-12,15-16,22H,3,8,13-14H2,1-2H3,(H,26,27)(H,28,30). The van der Waals surface area contributed by atoms with E-state index in [4.69, 9.17) is 0 Å². The van der Waals surface area contributed by atoms with Crippen LogP contribution in [0.3, 0.4) is 0 Å². The lowest BCUT2D eigenvalue weighted by molar-refractivity contribution is -0.122. The van der Waals surface area contributed by atoms with Crippen LogP contribution in [-0.2, 0) is 11.3 Å². The first-order valence-corrected chi connectivity index (χ1v) is 10.7. The monoisotopic (exact) mass is 417 g/mol. The predicted molar refractivity (Wildman–Crippen MR) is 122 cm³/mol. The van der Waals surface area contributed by atoms with Crippen molar-refractivity contribution in [2.75, 3.05) is 0 Å². The van der Waals surface area contributed by atoms with E-state index in [1.165, 1.54) is 0 Å². The van der Waals surface area contributed by atoms with Gasteiger partial charge in [-0.05, 0) is 36.6 Å². The molecule has 2 heterocycles. The molecule has 4 aromatic rings. The van der Waals surface area contributed by atoms with Crippen molar-refractivity contribution < 1.29 is 4.79 Å². The van der Waals surface area contributed by atoms with Crippen LogP contribution in [0.1, 0.15) is 45.0 Å². The number of imidazole rings is 1. The largest absolute Gasteiger partial charge is 0.346 e. The molecule has 2 N–H and O–H groups in total. The van der Waals surface area contributed by atoms with E-state index in [0.717, 1.165) is 23.3 Å². The van der Waals surface area contributed by atoms with Crippen molar-refractivity contribution in [2.24, 2.45) is 5.92 Å². The van der Waals surface area contributed by atoms with Crippen LogP contribution in [0.4, 0.5) is 0 Å². The molecule has 7 nitrogen and oxygen atoms in total. The number of hydrogen-bond acceptors (Lipinski definition) is 4. The van der Waals surface area contributed by atoms with E-state index in [9.17, 15) is 9.59 Å². The molecule has 0 aliphatic rings. The number of aryl methyl sites for hydroxylation is 1. The summed E-state index contributed by atoms with van der Waals surface area (Å²) in [6.07, 6.45) is 3.35. The van der Waals surface area contributed by atoms with E-state index in [0.29, 0.717) is 30.3 Å². The fourth-order valence-corrected chi connectivity index (χ4v) is 3.76. The highest BCUT2D eigenvalue weighted by Crippen LogP contribution is 2.24. The zero-order valence-electron chi connectivity index (χ0n) is 17.8. The third-order valence-corrected chi connectivity index (χ3v) is 5.77. The van der Waals surface area contributed by atoms with Crippen LogP contribution in [0.2, 0.25) is 0 Å². The van der Waals surface area contributed by atoms with Gasteiger partial charge in [0.15, 0.2) is 0 Å². The maximum atomic E-state index is 12.7. The quantitative estimate of drug-likeness (QED) is 0.454. The van der Waals surface area contributed by atoms with Crippen molar-refractivity contribution in [3.8, 4) is 0 Å². The molecule has 0 bridgehead atoms. The second-order valence-electron chi connectivity index (χ2n) is 7.93. The molecule has 2 atom stereocenters. The Morgan fingerprint density at radius 3 is 2.65 bits per heavy atom. The van der Waals surface area contributed by atoms with E-state index >= 15 is 0 Å². The maximum Gasteiger partial charge on any atom is 0.261 e. The van der Waals surface area contributed by atoms with Crippen molar-refractivity contribution in [2.45, 2.75) is 45.7 Å². The number of para-hydroxylation sites is 3. The van der Waals surface area contributed by atoms with Gasteiger partial charge in [-0.1, -0.05) is 44.5 Å². The minimum Gasteiger partial charge on any atom is -0.346 e. The third-order valence-electron chi connectivity index (χ3n) is 5.77. The molecule has 160 valence electrons. The Hall–Kier alpha value is -3.48. The first-order chi connectivity index (χ1) is 15.1. The minimum atomic E-state index is -0.185. The Bertz CT molecular complexity index is 1230. The van der Waals surface area contributed by atoms with Gasteiger partial charge >= 0.3 is 0 Å². The molecule has 1 amide bonds. The lowest BCUT2D eigenvalue weighted by Gasteiger charge is -2.22. The van der Waals surface area contributed by atoms with Crippen molar-refractivity contribution in [1.82, 2.24) is 24.8 Å². The predicted octanol–water partition coefficient (Wildman–Crippen LogP) is 3.96. The molecule has 0 saturated heterocycles. The highest BCUT2D eigenvalue weighted by Gasteiger charge is 2.23. The summed E-state index contributed by atoms with van der Waals surface area (Å²) in [6.45, 7) is 4.66. The molecule has 2 aromatic heterocycles.